The monoisotopic (exact) mass is 374 g/mol. The van der Waals surface area contributed by atoms with Crippen molar-refractivity contribution in [2.24, 2.45) is 0 Å². The molecule has 6 aromatic carbocycles. The van der Waals surface area contributed by atoms with Crippen LogP contribution in [0.25, 0.3) is 43.1 Å². The molecule has 0 saturated heterocycles. The minimum Gasteiger partial charge on any atom is -0.507 e. The Morgan fingerprint density at radius 3 is 1.79 bits per heavy atom. The van der Waals surface area contributed by atoms with Crippen molar-refractivity contribution in [3.63, 3.8) is 0 Å². The first-order chi connectivity index (χ1) is 14.2. The lowest BCUT2D eigenvalue weighted by atomic mass is 9.89. The maximum absolute atomic E-state index is 11.1. The van der Waals surface area contributed by atoms with Crippen LogP contribution in [0.3, 0.4) is 0 Å². The van der Waals surface area contributed by atoms with Crippen LogP contribution in [-0.4, -0.2) is 10.2 Å². The minimum absolute atomic E-state index is 0.168. The van der Waals surface area contributed by atoms with Crippen LogP contribution in [0.2, 0.25) is 0 Å². The molecule has 0 spiro atoms. The molecule has 0 aliphatic heterocycles. The zero-order chi connectivity index (χ0) is 19.5. The molecule has 138 valence electrons. The van der Waals surface area contributed by atoms with Crippen LogP contribution in [0, 0.1) is 0 Å². The summed E-state index contributed by atoms with van der Waals surface area (Å²) in [5.74, 6) is 0.336. The molecule has 0 heterocycles. The van der Waals surface area contributed by atoms with Crippen LogP contribution in [-0.2, 0) is 6.42 Å². The van der Waals surface area contributed by atoms with E-state index in [2.05, 4.69) is 42.5 Å². The summed E-state index contributed by atoms with van der Waals surface area (Å²) < 4.78 is 0. The van der Waals surface area contributed by atoms with Gasteiger partial charge in [0.25, 0.3) is 0 Å². The van der Waals surface area contributed by atoms with Gasteiger partial charge in [-0.2, -0.15) is 0 Å². The number of benzene rings is 6. The molecular formula is C27H18O2. The Labute approximate surface area is 167 Å². The molecule has 0 aliphatic carbocycles. The van der Waals surface area contributed by atoms with Crippen molar-refractivity contribution < 1.29 is 10.2 Å². The van der Waals surface area contributed by atoms with Crippen molar-refractivity contribution in [2.45, 2.75) is 6.42 Å². The van der Waals surface area contributed by atoms with Gasteiger partial charge in [0, 0.05) is 28.1 Å². The van der Waals surface area contributed by atoms with Crippen LogP contribution in [0.4, 0.5) is 0 Å². The number of hydrogen-bond donors (Lipinski definition) is 2. The molecule has 2 N–H and O–H groups in total. The van der Waals surface area contributed by atoms with Gasteiger partial charge in [0.05, 0.1) is 0 Å². The predicted octanol–water partition coefficient (Wildman–Crippen LogP) is 6.74. The summed E-state index contributed by atoms with van der Waals surface area (Å²) in [7, 11) is 0. The van der Waals surface area contributed by atoms with Crippen LogP contribution in [0.5, 0.6) is 11.5 Å². The average molecular weight is 374 g/mol. The standard InChI is InChI=1S/C27H18O2/c28-26-21-12-10-18-6-3-7-19-11-13-22(25(21)24(18)19)27(29)23(26)15-16-8-9-17-4-1-2-5-20(17)14-16/h1-14,28-29H,15H2. The average Bonchev–Trinajstić information content (AvgIpc) is 2.76. The van der Waals surface area contributed by atoms with Crippen molar-refractivity contribution in [2.75, 3.05) is 0 Å². The molecule has 0 bridgehead atoms. The van der Waals surface area contributed by atoms with Gasteiger partial charge >= 0.3 is 0 Å². The fourth-order valence-electron chi connectivity index (χ4n) is 4.63. The smallest absolute Gasteiger partial charge is 0.130 e. The van der Waals surface area contributed by atoms with Gasteiger partial charge in [-0.1, -0.05) is 72.8 Å². The van der Waals surface area contributed by atoms with Crippen molar-refractivity contribution in [1.82, 2.24) is 0 Å². The molecule has 0 aromatic heterocycles. The second-order valence-electron chi connectivity index (χ2n) is 7.71. The summed E-state index contributed by atoms with van der Waals surface area (Å²) >= 11 is 0. The highest BCUT2D eigenvalue weighted by Crippen LogP contribution is 2.46. The van der Waals surface area contributed by atoms with Gasteiger partial charge in [-0.05, 0) is 44.6 Å². The molecule has 0 unspecified atom stereocenters. The van der Waals surface area contributed by atoms with Gasteiger partial charge in [0.1, 0.15) is 11.5 Å². The zero-order valence-electron chi connectivity index (χ0n) is 15.7. The second-order valence-corrected chi connectivity index (χ2v) is 7.71. The van der Waals surface area contributed by atoms with E-state index < -0.39 is 0 Å². The first-order valence-corrected chi connectivity index (χ1v) is 9.79. The Bertz CT molecular complexity index is 1480. The van der Waals surface area contributed by atoms with E-state index in [1.54, 1.807) is 0 Å². The molecule has 0 amide bonds. The normalized spacial score (nSPS) is 11.9. The number of hydrogen-bond acceptors (Lipinski definition) is 2. The van der Waals surface area contributed by atoms with Crippen LogP contribution in [0.1, 0.15) is 11.1 Å². The summed E-state index contributed by atoms with van der Waals surface area (Å²) in [5, 5.41) is 30.4. The summed E-state index contributed by atoms with van der Waals surface area (Å²) in [5.41, 5.74) is 1.63. The highest BCUT2D eigenvalue weighted by atomic mass is 16.3. The lowest BCUT2D eigenvalue weighted by molar-refractivity contribution is 0.449. The van der Waals surface area contributed by atoms with Crippen LogP contribution >= 0.6 is 0 Å². The SMILES string of the molecule is Oc1c(Cc2ccc3ccccc3c2)c(O)c2ccc3cccc4ccc1c2c43. The van der Waals surface area contributed by atoms with E-state index >= 15 is 0 Å². The molecular weight excluding hydrogens is 356 g/mol. The fourth-order valence-corrected chi connectivity index (χ4v) is 4.63. The Morgan fingerprint density at radius 1 is 0.517 bits per heavy atom. The Balaban J connectivity index is 1.61. The largest absolute Gasteiger partial charge is 0.507 e. The number of aromatic hydroxyl groups is 2. The van der Waals surface area contributed by atoms with E-state index in [1.807, 2.05) is 42.5 Å². The van der Waals surface area contributed by atoms with E-state index in [-0.39, 0.29) is 11.5 Å². The van der Waals surface area contributed by atoms with Gasteiger partial charge < -0.3 is 10.2 Å². The molecule has 0 atom stereocenters. The molecule has 0 saturated carbocycles. The minimum atomic E-state index is 0.168. The van der Waals surface area contributed by atoms with Gasteiger partial charge in [0.15, 0.2) is 0 Å². The van der Waals surface area contributed by atoms with Crippen LogP contribution in [0.15, 0.2) is 84.9 Å². The van der Waals surface area contributed by atoms with E-state index in [9.17, 15) is 10.2 Å². The molecule has 2 nitrogen and oxygen atoms in total. The second kappa shape index (κ2) is 5.86. The van der Waals surface area contributed by atoms with E-state index in [4.69, 9.17) is 0 Å². The van der Waals surface area contributed by atoms with Gasteiger partial charge in [-0.3, -0.25) is 0 Å². The highest BCUT2D eigenvalue weighted by molar-refractivity contribution is 6.25. The highest BCUT2D eigenvalue weighted by Gasteiger charge is 2.19. The number of phenols is 2. The van der Waals surface area contributed by atoms with Crippen molar-refractivity contribution in [3.8, 4) is 11.5 Å². The zero-order valence-corrected chi connectivity index (χ0v) is 15.7. The topological polar surface area (TPSA) is 40.5 Å². The van der Waals surface area contributed by atoms with Gasteiger partial charge in [-0.15, -0.1) is 0 Å². The first kappa shape index (κ1) is 16.2. The lowest BCUT2D eigenvalue weighted by Crippen LogP contribution is -1.94. The summed E-state index contributed by atoms with van der Waals surface area (Å²) in [6.45, 7) is 0. The van der Waals surface area contributed by atoms with Gasteiger partial charge in [0.2, 0.25) is 0 Å². The third-order valence-electron chi connectivity index (χ3n) is 6.05. The number of fused-ring (bicyclic) bond motifs is 1. The molecule has 2 heteroatoms. The van der Waals surface area contributed by atoms with E-state index in [0.717, 1.165) is 43.3 Å². The third-order valence-corrected chi connectivity index (χ3v) is 6.05. The number of phenolic OH excluding ortho intramolecular Hbond substituents is 2. The lowest BCUT2D eigenvalue weighted by Gasteiger charge is -2.17. The molecule has 6 aromatic rings. The maximum Gasteiger partial charge on any atom is 0.130 e. The van der Waals surface area contributed by atoms with Crippen molar-refractivity contribution in [3.05, 3.63) is 96.1 Å². The predicted molar refractivity (Wildman–Crippen MR) is 120 cm³/mol. The molecule has 0 radical (unpaired) electrons. The number of rotatable bonds is 2. The molecule has 6 rings (SSSR count). The van der Waals surface area contributed by atoms with Gasteiger partial charge in [-0.25, -0.2) is 0 Å². The molecule has 0 aliphatic rings. The summed E-state index contributed by atoms with van der Waals surface area (Å²) in [6.07, 6.45) is 0.471. The Morgan fingerprint density at radius 2 is 1.10 bits per heavy atom. The van der Waals surface area contributed by atoms with Crippen molar-refractivity contribution >= 4 is 43.1 Å². The quantitative estimate of drug-likeness (QED) is 0.330. The van der Waals surface area contributed by atoms with E-state index in [1.165, 1.54) is 5.39 Å². The first-order valence-electron chi connectivity index (χ1n) is 9.79. The fraction of sp³-hybridized carbons (Fsp3) is 0.0370. The molecule has 29 heavy (non-hydrogen) atoms. The van der Waals surface area contributed by atoms with E-state index in [0.29, 0.717) is 12.0 Å². The Hall–Kier alpha value is -3.78. The van der Waals surface area contributed by atoms with Crippen molar-refractivity contribution in [1.29, 1.82) is 0 Å². The summed E-state index contributed by atoms with van der Waals surface area (Å²) in [4.78, 5) is 0. The molecule has 0 fully saturated rings. The Kier molecular flexibility index (Phi) is 3.27. The summed E-state index contributed by atoms with van der Waals surface area (Å²) in [6, 6.07) is 28.7. The third kappa shape index (κ3) is 2.29. The maximum atomic E-state index is 11.1. The van der Waals surface area contributed by atoms with Crippen LogP contribution < -0.4 is 0 Å².